The molecule has 0 aromatic heterocycles. The van der Waals surface area contributed by atoms with Crippen LogP contribution in [-0.2, 0) is 14.3 Å². The molecule has 0 radical (unpaired) electrons. The van der Waals surface area contributed by atoms with E-state index in [1.807, 2.05) is 0 Å². The van der Waals surface area contributed by atoms with Crippen molar-refractivity contribution >= 4 is 5.97 Å². The van der Waals surface area contributed by atoms with Crippen LogP contribution in [0.4, 0.5) is 0 Å². The summed E-state index contributed by atoms with van der Waals surface area (Å²) in [5.74, 6) is -0.339. The molecular weight excluding hydrogens is 194 g/mol. The summed E-state index contributed by atoms with van der Waals surface area (Å²) in [5.41, 5.74) is 5.94. The van der Waals surface area contributed by atoms with Crippen molar-refractivity contribution in [1.29, 1.82) is 0 Å². The van der Waals surface area contributed by atoms with Gasteiger partial charge in [-0.15, -0.1) is 0 Å². The van der Waals surface area contributed by atoms with Gasteiger partial charge in [-0.3, -0.25) is 0 Å². The van der Waals surface area contributed by atoms with E-state index in [1.54, 1.807) is 6.92 Å². The molecule has 0 saturated heterocycles. The molecule has 1 saturated carbocycles. The van der Waals surface area contributed by atoms with E-state index >= 15 is 0 Å². The lowest BCUT2D eigenvalue weighted by Gasteiger charge is -2.33. The average molecular weight is 215 g/mol. The molecule has 1 aliphatic carbocycles. The molecule has 1 fully saturated rings. The minimum atomic E-state index is -0.516. The molecule has 0 aromatic rings. The molecular formula is C11H21NO3. The summed E-state index contributed by atoms with van der Waals surface area (Å²) in [4.78, 5) is 11.1. The Morgan fingerprint density at radius 3 is 2.53 bits per heavy atom. The van der Waals surface area contributed by atoms with E-state index in [0.29, 0.717) is 6.61 Å². The Bertz CT molecular complexity index is 212. The standard InChI is InChI=1S/C11H21NO3/c1-9(10(13)14-2)15-8-11(12)6-4-3-5-7-11/h9H,3-8,12H2,1-2H3. The number of carbonyl (C=O) groups is 1. The topological polar surface area (TPSA) is 61.5 Å². The fourth-order valence-corrected chi connectivity index (χ4v) is 1.93. The zero-order chi connectivity index (χ0) is 11.3. The zero-order valence-electron chi connectivity index (χ0n) is 9.62. The van der Waals surface area contributed by atoms with Crippen LogP contribution in [0.5, 0.6) is 0 Å². The molecule has 0 heterocycles. The maximum atomic E-state index is 11.1. The van der Waals surface area contributed by atoms with Crippen molar-refractivity contribution in [3.63, 3.8) is 0 Å². The third-order valence-corrected chi connectivity index (χ3v) is 3.00. The summed E-state index contributed by atoms with van der Waals surface area (Å²) in [5, 5.41) is 0. The van der Waals surface area contributed by atoms with Crippen molar-refractivity contribution in [2.45, 2.75) is 50.7 Å². The molecule has 1 unspecified atom stereocenters. The summed E-state index contributed by atoms with van der Waals surface area (Å²) < 4.78 is 10.0. The summed E-state index contributed by atoms with van der Waals surface area (Å²) >= 11 is 0. The number of carbonyl (C=O) groups excluding carboxylic acids is 1. The van der Waals surface area contributed by atoms with Gasteiger partial charge in [-0.2, -0.15) is 0 Å². The largest absolute Gasteiger partial charge is 0.467 e. The van der Waals surface area contributed by atoms with Crippen molar-refractivity contribution < 1.29 is 14.3 Å². The van der Waals surface area contributed by atoms with Gasteiger partial charge in [-0.25, -0.2) is 4.79 Å². The van der Waals surface area contributed by atoms with Gasteiger partial charge < -0.3 is 15.2 Å². The van der Waals surface area contributed by atoms with Crippen molar-refractivity contribution in [3.8, 4) is 0 Å². The van der Waals surface area contributed by atoms with E-state index in [9.17, 15) is 4.79 Å². The van der Waals surface area contributed by atoms with Crippen LogP contribution < -0.4 is 5.73 Å². The first-order valence-electron chi connectivity index (χ1n) is 5.56. The van der Waals surface area contributed by atoms with E-state index in [4.69, 9.17) is 10.5 Å². The number of ether oxygens (including phenoxy) is 2. The van der Waals surface area contributed by atoms with Crippen LogP contribution in [0.2, 0.25) is 0 Å². The molecule has 0 amide bonds. The average Bonchev–Trinajstić information content (AvgIpc) is 2.26. The second kappa shape index (κ2) is 5.47. The van der Waals surface area contributed by atoms with E-state index in [-0.39, 0.29) is 11.5 Å². The Kier molecular flexibility index (Phi) is 4.54. The maximum absolute atomic E-state index is 11.1. The van der Waals surface area contributed by atoms with Crippen LogP contribution in [0.3, 0.4) is 0 Å². The summed E-state index contributed by atoms with van der Waals surface area (Å²) in [6.45, 7) is 2.14. The highest BCUT2D eigenvalue weighted by atomic mass is 16.6. The third-order valence-electron chi connectivity index (χ3n) is 3.00. The summed E-state index contributed by atoms with van der Waals surface area (Å²) in [6.07, 6.45) is 5.03. The number of rotatable bonds is 4. The Morgan fingerprint density at radius 1 is 1.40 bits per heavy atom. The fourth-order valence-electron chi connectivity index (χ4n) is 1.93. The SMILES string of the molecule is COC(=O)C(C)OCC1(N)CCCCC1. The van der Waals surface area contributed by atoms with Gasteiger partial charge in [-0.1, -0.05) is 19.3 Å². The van der Waals surface area contributed by atoms with Crippen LogP contribution >= 0.6 is 0 Å². The van der Waals surface area contributed by atoms with Gasteiger partial charge in [0.05, 0.1) is 13.7 Å². The maximum Gasteiger partial charge on any atom is 0.334 e. The van der Waals surface area contributed by atoms with Crippen LogP contribution in [0.25, 0.3) is 0 Å². The smallest absolute Gasteiger partial charge is 0.334 e. The third kappa shape index (κ3) is 3.80. The molecule has 1 rings (SSSR count). The number of hydrogen-bond donors (Lipinski definition) is 1. The molecule has 88 valence electrons. The molecule has 2 N–H and O–H groups in total. The van der Waals surface area contributed by atoms with E-state index in [0.717, 1.165) is 25.7 Å². The number of methoxy groups -OCH3 is 1. The lowest BCUT2D eigenvalue weighted by Crippen LogP contribution is -2.47. The molecule has 0 bridgehead atoms. The molecule has 0 spiro atoms. The highest BCUT2D eigenvalue weighted by Gasteiger charge is 2.29. The quantitative estimate of drug-likeness (QED) is 0.716. The van der Waals surface area contributed by atoms with Gasteiger partial charge in [0, 0.05) is 5.54 Å². The van der Waals surface area contributed by atoms with E-state index in [1.165, 1.54) is 13.5 Å². The first-order chi connectivity index (χ1) is 7.07. The molecule has 1 atom stereocenters. The Balaban J connectivity index is 2.31. The Morgan fingerprint density at radius 2 is 2.00 bits per heavy atom. The van der Waals surface area contributed by atoms with Crippen LogP contribution in [-0.4, -0.2) is 31.3 Å². The van der Waals surface area contributed by atoms with Crippen molar-refractivity contribution in [2.75, 3.05) is 13.7 Å². The van der Waals surface area contributed by atoms with Crippen molar-refractivity contribution in [2.24, 2.45) is 5.73 Å². The van der Waals surface area contributed by atoms with Crippen LogP contribution in [0.1, 0.15) is 39.0 Å². The summed E-state index contributed by atoms with van der Waals surface area (Å²) in [7, 11) is 1.36. The molecule has 4 heteroatoms. The fraction of sp³-hybridized carbons (Fsp3) is 0.909. The zero-order valence-corrected chi connectivity index (χ0v) is 9.62. The van der Waals surface area contributed by atoms with Gasteiger partial charge in [0.15, 0.2) is 6.10 Å². The highest BCUT2D eigenvalue weighted by Crippen LogP contribution is 2.26. The first kappa shape index (κ1) is 12.5. The molecule has 15 heavy (non-hydrogen) atoms. The predicted octanol–water partition coefficient (Wildman–Crippen LogP) is 1.23. The first-order valence-corrected chi connectivity index (χ1v) is 5.56. The number of nitrogens with two attached hydrogens (primary N) is 1. The van der Waals surface area contributed by atoms with Gasteiger partial charge in [0.25, 0.3) is 0 Å². The normalized spacial score (nSPS) is 22.1. The minimum absolute atomic E-state index is 0.236. The van der Waals surface area contributed by atoms with E-state index in [2.05, 4.69) is 4.74 Å². The van der Waals surface area contributed by atoms with Gasteiger partial charge in [0.1, 0.15) is 0 Å². The second-order valence-electron chi connectivity index (χ2n) is 4.40. The van der Waals surface area contributed by atoms with Crippen LogP contribution in [0.15, 0.2) is 0 Å². The van der Waals surface area contributed by atoms with Gasteiger partial charge in [-0.05, 0) is 19.8 Å². The highest BCUT2D eigenvalue weighted by molar-refractivity contribution is 5.73. The van der Waals surface area contributed by atoms with Crippen molar-refractivity contribution in [3.05, 3.63) is 0 Å². The number of hydrogen-bond acceptors (Lipinski definition) is 4. The van der Waals surface area contributed by atoms with E-state index < -0.39 is 6.10 Å². The predicted molar refractivity (Wildman–Crippen MR) is 57.4 cm³/mol. The lowest BCUT2D eigenvalue weighted by molar-refractivity contribution is -0.154. The molecule has 1 aliphatic rings. The van der Waals surface area contributed by atoms with Gasteiger partial charge >= 0.3 is 5.97 Å². The van der Waals surface area contributed by atoms with Gasteiger partial charge in [0.2, 0.25) is 0 Å². The second-order valence-corrected chi connectivity index (χ2v) is 4.40. The Hall–Kier alpha value is -0.610. The number of esters is 1. The minimum Gasteiger partial charge on any atom is -0.467 e. The lowest BCUT2D eigenvalue weighted by atomic mass is 9.83. The summed E-state index contributed by atoms with van der Waals surface area (Å²) in [6, 6.07) is 0. The Labute approximate surface area is 91.1 Å². The molecule has 4 nitrogen and oxygen atoms in total. The van der Waals surface area contributed by atoms with Crippen molar-refractivity contribution in [1.82, 2.24) is 0 Å². The van der Waals surface area contributed by atoms with Crippen LogP contribution in [0, 0.1) is 0 Å². The monoisotopic (exact) mass is 215 g/mol. The molecule has 0 aromatic carbocycles. The molecule has 0 aliphatic heterocycles.